The molecular formula is C23H21N3O4. The molecule has 30 heavy (non-hydrogen) atoms. The van der Waals surface area contributed by atoms with E-state index in [-0.39, 0.29) is 18.3 Å². The number of carbonyl (C=O) groups is 3. The molecule has 1 amide bonds. The molecule has 0 radical (unpaired) electrons. The van der Waals surface area contributed by atoms with Crippen LogP contribution in [0.5, 0.6) is 0 Å². The first-order valence-corrected chi connectivity index (χ1v) is 9.75. The zero-order valence-electron chi connectivity index (χ0n) is 16.6. The maximum absolute atomic E-state index is 12.5. The second-order valence-electron chi connectivity index (χ2n) is 7.13. The minimum absolute atomic E-state index is 0.0554. The Labute approximate surface area is 173 Å². The molecule has 0 N–H and O–H groups in total. The molecule has 7 heteroatoms. The summed E-state index contributed by atoms with van der Waals surface area (Å²) in [6, 6.07) is 15.6. The maximum atomic E-state index is 12.5. The molecule has 1 fully saturated rings. The van der Waals surface area contributed by atoms with Crippen molar-refractivity contribution in [2.24, 2.45) is 0 Å². The molecule has 1 aliphatic rings. The number of nitrogens with zero attached hydrogens (tertiary/aromatic N) is 3. The van der Waals surface area contributed by atoms with Crippen molar-refractivity contribution in [1.29, 1.82) is 0 Å². The second kappa shape index (κ2) is 8.32. The van der Waals surface area contributed by atoms with Crippen molar-refractivity contribution in [3.05, 3.63) is 77.6 Å². The molecule has 7 nitrogen and oxygen atoms in total. The lowest BCUT2D eigenvalue weighted by atomic mass is 10.1. The standard InChI is InChI=1S/C23H21N3O4/c1-16-11-12-24-26(16)19-9-7-17(8-10-19)23(29)30-15-21(27)18-4-2-5-20(14-18)25-13-3-6-22(25)28/h2,4-5,7-12,14H,3,6,13,15H2,1H3. The first-order valence-electron chi connectivity index (χ1n) is 9.75. The first kappa shape index (κ1) is 19.6. The van der Waals surface area contributed by atoms with Crippen molar-refractivity contribution in [2.45, 2.75) is 19.8 Å². The molecule has 2 aromatic carbocycles. The summed E-state index contributed by atoms with van der Waals surface area (Å²) in [5.41, 5.74) is 3.27. The highest BCUT2D eigenvalue weighted by molar-refractivity contribution is 6.01. The molecule has 1 saturated heterocycles. The van der Waals surface area contributed by atoms with Crippen molar-refractivity contribution >= 4 is 23.3 Å². The third-order valence-corrected chi connectivity index (χ3v) is 5.07. The van der Waals surface area contributed by atoms with Crippen molar-refractivity contribution in [2.75, 3.05) is 18.1 Å². The fourth-order valence-corrected chi connectivity index (χ4v) is 3.44. The van der Waals surface area contributed by atoms with Gasteiger partial charge in [-0.3, -0.25) is 9.59 Å². The third-order valence-electron chi connectivity index (χ3n) is 5.07. The van der Waals surface area contributed by atoms with E-state index in [1.165, 1.54) is 0 Å². The quantitative estimate of drug-likeness (QED) is 0.466. The summed E-state index contributed by atoms with van der Waals surface area (Å²) in [5, 5.41) is 4.23. The van der Waals surface area contributed by atoms with E-state index in [4.69, 9.17) is 4.74 Å². The molecule has 2 heterocycles. The van der Waals surface area contributed by atoms with E-state index in [0.717, 1.165) is 17.8 Å². The molecular weight excluding hydrogens is 382 g/mol. The van der Waals surface area contributed by atoms with Gasteiger partial charge in [0, 0.05) is 36.1 Å². The molecule has 0 saturated carbocycles. The zero-order chi connectivity index (χ0) is 21.1. The number of benzene rings is 2. The van der Waals surface area contributed by atoms with Crippen LogP contribution < -0.4 is 4.90 Å². The highest BCUT2D eigenvalue weighted by Crippen LogP contribution is 2.22. The first-order chi connectivity index (χ1) is 14.5. The van der Waals surface area contributed by atoms with Crippen molar-refractivity contribution in [1.82, 2.24) is 9.78 Å². The van der Waals surface area contributed by atoms with E-state index < -0.39 is 5.97 Å². The molecule has 3 aromatic rings. The lowest BCUT2D eigenvalue weighted by Crippen LogP contribution is -2.24. The van der Waals surface area contributed by atoms with E-state index in [1.807, 2.05) is 13.0 Å². The largest absolute Gasteiger partial charge is 0.454 e. The minimum atomic E-state index is -0.571. The molecule has 4 rings (SSSR count). The highest BCUT2D eigenvalue weighted by Gasteiger charge is 2.22. The number of hydrogen-bond acceptors (Lipinski definition) is 5. The van der Waals surface area contributed by atoms with E-state index in [9.17, 15) is 14.4 Å². The Morgan fingerprint density at radius 2 is 1.83 bits per heavy atom. The average Bonchev–Trinajstić information content (AvgIpc) is 3.40. The van der Waals surface area contributed by atoms with Crippen molar-refractivity contribution in [3.63, 3.8) is 0 Å². The van der Waals surface area contributed by atoms with E-state index >= 15 is 0 Å². The minimum Gasteiger partial charge on any atom is -0.454 e. The van der Waals surface area contributed by atoms with Gasteiger partial charge in [0.15, 0.2) is 12.4 Å². The Morgan fingerprint density at radius 1 is 1.03 bits per heavy atom. The molecule has 0 atom stereocenters. The topological polar surface area (TPSA) is 81.5 Å². The number of hydrogen-bond donors (Lipinski definition) is 0. The Kier molecular flexibility index (Phi) is 5.43. The van der Waals surface area contributed by atoms with Crippen LogP contribution in [-0.4, -0.2) is 40.6 Å². The monoisotopic (exact) mass is 403 g/mol. The number of aromatic nitrogens is 2. The van der Waals surface area contributed by atoms with Crippen LogP contribution in [-0.2, 0) is 9.53 Å². The van der Waals surface area contributed by atoms with E-state index in [2.05, 4.69) is 5.10 Å². The summed E-state index contributed by atoms with van der Waals surface area (Å²) < 4.78 is 6.95. The Balaban J connectivity index is 1.38. The second-order valence-corrected chi connectivity index (χ2v) is 7.13. The summed E-state index contributed by atoms with van der Waals surface area (Å²) in [5.74, 6) is -0.835. The summed E-state index contributed by atoms with van der Waals surface area (Å²) in [6.45, 7) is 2.23. The van der Waals surface area contributed by atoms with Crippen LogP contribution >= 0.6 is 0 Å². The number of ketones is 1. The van der Waals surface area contributed by atoms with Crippen LogP contribution in [0.3, 0.4) is 0 Å². The van der Waals surface area contributed by atoms with Gasteiger partial charge in [-0.1, -0.05) is 12.1 Å². The number of rotatable bonds is 6. The van der Waals surface area contributed by atoms with Gasteiger partial charge < -0.3 is 9.64 Å². The Bertz CT molecular complexity index is 1100. The smallest absolute Gasteiger partial charge is 0.338 e. The number of ether oxygens (including phenoxy) is 1. The van der Waals surface area contributed by atoms with Crippen LogP contribution in [0.2, 0.25) is 0 Å². The van der Waals surface area contributed by atoms with E-state index in [1.54, 1.807) is 64.3 Å². The lowest BCUT2D eigenvalue weighted by Gasteiger charge is -2.16. The van der Waals surface area contributed by atoms with Gasteiger partial charge in [-0.15, -0.1) is 0 Å². The summed E-state index contributed by atoms with van der Waals surface area (Å²) in [7, 11) is 0. The van der Waals surface area contributed by atoms with Gasteiger partial charge in [0.25, 0.3) is 0 Å². The predicted octanol–water partition coefficient (Wildman–Crippen LogP) is 3.35. The number of carbonyl (C=O) groups excluding carboxylic acids is 3. The van der Waals surface area contributed by atoms with Gasteiger partial charge in [0.2, 0.25) is 5.91 Å². The van der Waals surface area contributed by atoms with Crippen LogP contribution in [0.1, 0.15) is 39.3 Å². The normalized spacial score (nSPS) is 13.5. The van der Waals surface area contributed by atoms with Crippen LogP contribution in [0, 0.1) is 6.92 Å². The maximum Gasteiger partial charge on any atom is 0.338 e. The van der Waals surface area contributed by atoms with Gasteiger partial charge >= 0.3 is 5.97 Å². The van der Waals surface area contributed by atoms with Gasteiger partial charge in [0.1, 0.15) is 0 Å². The molecule has 0 bridgehead atoms. The number of Topliss-reactive ketones (excluding diaryl/α,β-unsaturated/α-hetero) is 1. The summed E-state index contributed by atoms with van der Waals surface area (Å²) >= 11 is 0. The Morgan fingerprint density at radius 3 is 2.50 bits per heavy atom. The average molecular weight is 403 g/mol. The zero-order valence-corrected chi connectivity index (χ0v) is 16.6. The molecule has 0 spiro atoms. The van der Waals surface area contributed by atoms with Crippen LogP contribution in [0.15, 0.2) is 60.8 Å². The van der Waals surface area contributed by atoms with Crippen LogP contribution in [0.25, 0.3) is 5.69 Å². The highest BCUT2D eigenvalue weighted by atomic mass is 16.5. The van der Waals surface area contributed by atoms with Crippen molar-refractivity contribution < 1.29 is 19.1 Å². The van der Waals surface area contributed by atoms with Gasteiger partial charge in [-0.25, -0.2) is 9.48 Å². The molecule has 0 unspecified atom stereocenters. The van der Waals surface area contributed by atoms with Gasteiger partial charge in [0.05, 0.1) is 11.3 Å². The number of esters is 1. The van der Waals surface area contributed by atoms with Crippen LogP contribution in [0.4, 0.5) is 5.69 Å². The van der Waals surface area contributed by atoms with Gasteiger partial charge in [-0.05, 0) is 55.8 Å². The number of aryl methyl sites for hydroxylation is 1. The van der Waals surface area contributed by atoms with Gasteiger partial charge in [-0.2, -0.15) is 5.10 Å². The summed E-state index contributed by atoms with van der Waals surface area (Å²) in [4.78, 5) is 38.4. The third kappa shape index (κ3) is 4.00. The molecule has 1 aromatic heterocycles. The SMILES string of the molecule is Cc1ccnn1-c1ccc(C(=O)OCC(=O)c2cccc(N3CCCC3=O)c2)cc1. The lowest BCUT2D eigenvalue weighted by molar-refractivity contribution is -0.117. The fraction of sp³-hybridized carbons (Fsp3) is 0.217. The predicted molar refractivity (Wildman–Crippen MR) is 111 cm³/mol. The molecule has 152 valence electrons. The summed E-state index contributed by atoms with van der Waals surface area (Å²) in [6.07, 6.45) is 3.04. The van der Waals surface area contributed by atoms with Crippen molar-refractivity contribution in [3.8, 4) is 5.69 Å². The molecule has 1 aliphatic heterocycles. The molecule has 0 aliphatic carbocycles. The Hall–Kier alpha value is -3.74. The van der Waals surface area contributed by atoms with E-state index in [0.29, 0.717) is 29.8 Å². The fourth-order valence-electron chi connectivity index (χ4n) is 3.44. The number of anilines is 1. The number of amides is 1.